The van der Waals surface area contributed by atoms with E-state index in [9.17, 15) is 30.3 Å². The highest BCUT2D eigenvalue weighted by molar-refractivity contribution is 6.38. The molecule has 0 radical (unpaired) electrons. The number of rotatable bonds is 3. The standard InChI is InChI=1S/C10H4ClN3O6/c11-10-5-2-1-3-6(12(15)16)9(5)7(13(17)18)4-8(10)14(19)20/h1-4H. The SMILES string of the molecule is O=[N+]([O-])c1cc([N+](=O)[O-])c2c([N+](=O)[O-])cccc2c1Cl. The summed E-state index contributed by atoms with van der Waals surface area (Å²) in [4.78, 5) is 30.1. The Morgan fingerprint density at radius 2 is 1.40 bits per heavy atom. The van der Waals surface area contributed by atoms with Crippen molar-refractivity contribution in [2.75, 3.05) is 0 Å². The molecule has 10 heteroatoms. The molecule has 0 amide bonds. The van der Waals surface area contributed by atoms with Crippen molar-refractivity contribution in [1.82, 2.24) is 0 Å². The van der Waals surface area contributed by atoms with E-state index in [1.54, 1.807) is 0 Å². The number of halogens is 1. The van der Waals surface area contributed by atoms with Gasteiger partial charge in [0.05, 0.1) is 20.8 Å². The smallest absolute Gasteiger partial charge is 0.258 e. The molecule has 0 saturated carbocycles. The maximum absolute atomic E-state index is 11.0. The Balaban J connectivity index is 3.06. The van der Waals surface area contributed by atoms with Crippen LogP contribution in [-0.2, 0) is 0 Å². The van der Waals surface area contributed by atoms with Crippen molar-refractivity contribution < 1.29 is 14.8 Å². The lowest BCUT2D eigenvalue weighted by atomic mass is 10.1. The summed E-state index contributed by atoms with van der Waals surface area (Å²) in [6.45, 7) is 0. The Morgan fingerprint density at radius 3 is 1.90 bits per heavy atom. The molecule has 0 spiro atoms. The molecule has 0 bridgehead atoms. The zero-order valence-electron chi connectivity index (χ0n) is 9.48. The van der Waals surface area contributed by atoms with E-state index >= 15 is 0 Å². The van der Waals surface area contributed by atoms with Gasteiger partial charge in [-0.3, -0.25) is 30.3 Å². The quantitative estimate of drug-likeness (QED) is 0.631. The first-order chi connectivity index (χ1) is 9.34. The van der Waals surface area contributed by atoms with Crippen LogP contribution in [0.3, 0.4) is 0 Å². The number of nitro groups is 3. The molecule has 0 aliphatic heterocycles. The first-order valence-corrected chi connectivity index (χ1v) is 5.40. The minimum absolute atomic E-state index is 0.109. The van der Waals surface area contributed by atoms with Crippen molar-refractivity contribution >= 4 is 39.4 Å². The second-order valence-corrected chi connectivity index (χ2v) is 4.08. The van der Waals surface area contributed by atoms with E-state index in [2.05, 4.69) is 0 Å². The fourth-order valence-electron chi connectivity index (χ4n) is 1.82. The summed E-state index contributed by atoms with van der Waals surface area (Å²) in [6.07, 6.45) is 0. The van der Waals surface area contributed by atoms with Crippen LogP contribution in [-0.4, -0.2) is 14.8 Å². The number of nitro benzene ring substituents is 3. The third-order valence-electron chi connectivity index (χ3n) is 2.62. The van der Waals surface area contributed by atoms with E-state index in [1.807, 2.05) is 0 Å². The monoisotopic (exact) mass is 297 g/mol. The van der Waals surface area contributed by atoms with Crippen LogP contribution in [0, 0.1) is 30.3 Å². The zero-order valence-corrected chi connectivity index (χ0v) is 10.2. The Bertz CT molecular complexity index is 775. The molecule has 0 atom stereocenters. The first-order valence-electron chi connectivity index (χ1n) is 5.03. The van der Waals surface area contributed by atoms with Crippen molar-refractivity contribution in [3.05, 3.63) is 59.6 Å². The highest BCUT2D eigenvalue weighted by Gasteiger charge is 2.29. The average Bonchev–Trinajstić information content (AvgIpc) is 2.37. The van der Waals surface area contributed by atoms with Gasteiger partial charge in [0.2, 0.25) is 0 Å². The molecule has 0 aliphatic rings. The number of hydrogen-bond donors (Lipinski definition) is 0. The number of benzene rings is 2. The van der Waals surface area contributed by atoms with Crippen molar-refractivity contribution in [3.8, 4) is 0 Å². The minimum Gasteiger partial charge on any atom is -0.258 e. The van der Waals surface area contributed by atoms with E-state index in [0.717, 1.165) is 6.07 Å². The summed E-state index contributed by atoms with van der Waals surface area (Å²) in [5.74, 6) is 0. The molecule has 2 aromatic rings. The number of fused-ring (bicyclic) bond motifs is 1. The molecule has 20 heavy (non-hydrogen) atoms. The van der Waals surface area contributed by atoms with Crippen molar-refractivity contribution in [1.29, 1.82) is 0 Å². The highest BCUT2D eigenvalue weighted by atomic mass is 35.5. The van der Waals surface area contributed by atoms with Gasteiger partial charge in [0, 0.05) is 11.5 Å². The second kappa shape index (κ2) is 4.70. The molecular weight excluding hydrogens is 294 g/mol. The molecular formula is C10H4ClN3O6. The molecule has 0 unspecified atom stereocenters. The number of non-ortho nitro benzene ring substituents is 2. The van der Waals surface area contributed by atoms with Crippen LogP contribution in [0.1, 0.15) is 0 Å². The number of nitrogens with zero attached hydrogens (tertiary/aromatic N) is 3. The molecule has 2 rings (SSSR count). The zero-order chi connectivity index (χ0) is 15.0. The van der Waals surface area contributed by atoms with Crippen molar-refractivity contribution in [3.63, 3.8) is 0 Å². The summed E-state index contributed by atoms with van der Waals surface area (Å²) >= 11 is 5.80. The molecule has 0 aliphatic carbocycles. The molecule has 2 aromatic carbocycles. The Kier molecular flexibility index (Phi) is 3.20. The van der Waals surface area contributed by atoms with E-state index in [1.165, 1.54) is 12.1 Å². The Morgan fingerprint density at radius 1 is 0.850 bits per heavy atom. The lowest BCUT2D eigenvalue weighted by Crippen LogP contribution is -1.98. The predicted molar refractivity (Wildman–Crippen MR) is 68.9 cm³/mol. The molecule has 0 N–H and O–H groups in total. The van der Waals surface area contributed by atoms with Gasteiger partial charge in [-0.15, -0.1) is 0 Å². The molecule has 9 nitrogen and oxygen atoms in total. The van der Waals surface area contributed by atoms with Crippen LogP contribution >= 0.6 is 11.6 Å². The minimum atomic E-state index is -0.918. The third kappa shape index (κ3) is 1.99. The van der Waals surface area contributed by atoms with Gasteiger partial charge < -0.3 is 0 Å². The van der Waals surface area contributed by atoms with Gasteiger partial charge in [0.1, 0.15) is 10.4 Å². The average molecular weight is 298 g/mol. The molecule has 0 heterocycles. The van der Waals surface area contributed by atoms with Crippen LogP contribution in [0.4, 0.5) is 17.1 Å². The normalized spacial score (nSPS) is 10.4. The Labute approximate surface area is 114 Å². The van der Waals surface area contributed by atoms with Crippen LogP contribution in [0.15, 0.2) is 24.3 Å². The van der Waals surface area contributed by atoms with Crippen molar-refractivity contribution in [2.45, 2.75) is 0 Å². The molecule has 102 valence electrons. The van der Waals surface area contributed by atoms with Gasteiger partial charge >= 0.3 is 0 Å². The topological polar surface area (TPSA) is 129 Å². The van der Waals surface area contributed by atoms with Crippen LogP contribution in [0.5, 0.6) is 0 Å². The van der Waals surface area contributed by atoms with E-state index in [-0.39, 0.29) is 15.8 Å². The van der Waals surface area contributed by atoms with Crippen molar-refractivity contribution in [2.24, 2.45) is 0 Å². The second-order valence-electron chi connectivity index (χ2n) is 3.70. The van der Waals surface area contributed by atoms with Crippen LogP contribution < -0.4 is 0 Å². The Hall–Kier alpha value is -2.81. The fraction of sp³-hybridized carbons (Fsp3) is 0. The van der Waals surface area contributed by atoms with Gasteiger partial charge in [-0.05, 0) is 0 Å². The van der Waals surface area contributed by atoms with E-state index < -0.39 is 31.8 Å². The summed E-state index contributed by atoms with van der Waals surface area (Å²) in [6, 6.07) is 4.19. The van der Waals surface area contributed by atoms with E-state index in [0.29, 0.717) is 6.07 Å². The summed E-state index contributed by atoms with van der Waals surface area (Å²) < 4.78 is 0. The number of hydrogen-bond acceptors (Lipinski definition) is 6. The predicted octanol–water partition coefficient (Wildman–Crippen LogP) is 3.22. The fourth-order valence-corrected chi connectivity index (χ4v) is 2.11. The van der Waals surface area contributed by atoms with E-state index in [4.69, 9.17) is 11.6 Å². The maximum Gasteiger partial charge on any atom is 0.295 e. The van der Waals surface area contributed by atoms with Gasteiger partial charge in [0.15, 0.2) is 0 Å². The summed E-state index contributed by atoms with van der Waals surface area (Å²) in [5, 5.41) is 31.9. The van der Waals surface area contributed by atoms with Gasteiger partial charge in [0.25, 0.3) is 17.1 Å². The summed E-state index contributed by atoms with van der Waals surface area (Å²) in [7, 11) is 0. The molecule has 0 saturated heterocycles. The summed E-state index contributed by atoms with van der Waals surface area (Å²) in [5.41, 5.74) is -1.94. The maximum atomic E-state index is 11.0. The van der Waals surface area contributed by atoms with Gasteiger partial charge in [-0.2, -0.15) is 0 Å². The van der Waals surface area contributed by atoms with Gasteiger partial charge in [-0.1, -0.05) is 23.7 Å². The highest BCUT2D eigenvalue weighted by Crippen LogP contribution is 2.42. The first kappa shape index (κ1) is 13.6. The third-order valence-corrected chi connectivity index (χ3v) is 3.02. The van der Waals surface area contributed by atoms with Crippen LogP contribution in [0.2, 0.25) is 5.02 Å². The largest absolute Gasteiger partial charge is 0.295 e. The van der Waals surface area contributed by atoms with Gasteiger partial charge in [-0.25, -0.2) is 0 Å². The van der Waals surface area contributed by atoms with Crippen LogP contribution in [0.25, 0.3) is 10.8 Å². The molecule has 0 aromatic heterocycles. The lowest BCUT2D eigenvalue weighted by molar-refractivity contribution is -0.395. The molecule has 0 fully saturated rings. The lowest BCUT2D eigenvalue weighted by Gasteiger charge is -2.04.